The second kappa shape index (κ2) is 3.48. The predicted octanol–water partition coefficient (Wildman–Crippen LogP) is 4.56. The standard InChI is InChI=1S/C9H6Br2S/c10-4-6-5-12-8-3-1-2-7(11)9(6)8/h1-3,5H,4H2. The van der Waals surface area contributed by atoms with Crippen LogP contribution in [0.25, 0.3) is 10.1 Å². The van der Waals surface area contributed by atoms with Crippen molar-refractivity contribution in [3.05, 3.63) is 33.6 Å². The first-order valence-corrected chi connectivity index (χ1v) is 6.33. The molecule has 0 atom stereocenters. The van der Waals surface area contributed by atoms with E-state index in [0.29, 0.717) is 0 Å². The molecule has 2 aromatic rings. The van der Waals surface area contributed by atoms with Gasteiger partial charge in [-0.15, -0.1) is 11.3 Å². The van der Waals surface area contributed by atoms with E-state index in [1.807, 2.05) is 0 Å². The van der Waals surface area contributed by atoms with Gasteiger partial charge in [-0.05, 0) is 23.1 Å². The Morgan fingerprint density at radius 3 is 2.92 bits per heavy atom. The minimum Gasteiger partial charge on any atom is -0.143 e. The van der Waals surface area contributed by atoms with Crippen molar-refractivity contribution >= 4 is 53.3 Å². The molecule has 0 amide bonds. The van der Waals surface area contributed by atoms with Gasteiger partial charge in [-0.3, -0.25) is 0 Å². The quantitative estimate of drug-likeness (QED) is 0.678. The fourth-order valence-electron chi connectivity index (χ4n) is 1.21. The molecule has 0 unspecified atom stereocenters. The van der Waals surface area contributed by atoms with E-state index >= 15 is 0 Å². The summed E-state index contributed by atoms with van der Waals surface area (Å²) in [7, 11) is 0. The normalized spacial score (nSPS) is 10.8. The molecular formula is C9H6Br2S. The highest BCUT2D eigenvalue weighted by Gasteiger charge is 2.04. The van der Waals surface area contributed by atoms with Crippen LogP contribution < -0.4 is 0 Å². The summed E-state index contributed by atoms with van der Waals surface area (Å²) >= 11 is 8.82. The fourth-order valence-corrected chi connectivity index (χ4v) is 3.60. The molecule has 3 heteroatoms. The van der Waals surface area contributed by atoms with E-state index in [0.717, 1.165) is 5.33 Å². The van der Waals surface area contributed by atoms with Crippen molar-refractivity contribution in [3.63, 3.8) is 0 Å². The van der Waals surface area contributed by atoms with Gasteiger partial charge in [0, 0.05) is 19.9 Å². The molecule has 1 heterocycles. The largest absolute Gasteiger partial charge is 0.143 e. The molecule has 0 aliphatic heterocycles. The molecule has 1 aromatic heterocycles. The van der Waals surface area contributed by atoms with E-state index in [-0.39, 0.29) is 0 Å². The monoisotopic (exact) mass is 304 g/mol. The fraction of sp³-hybridized carbons (Fsp3) is 0.111. The second-order valence-electron chi connectivity index (χ2n) is 2.51. The Morgan fingerprint density at radius 1 is 1.33 bits per heavy atom. The van der Waals surface area contributed by atoms with Crippen molar-refractivity contribution in [2.75, 3.05) is 0 Å². The van der Waals surface area contributed by atoms with Crippen molar-refractivity contribution < 1.29 is 0 Å². The molecule has 0 aliphatic carbocycles. The van der Waals surface area contributed by atoms with Crippen molar-refractivity contribution in [1.82, 2.24) is 0 Å². The smallest absolute Gasteiger partial charge is 0.0357 e. The van der Waals surface area contributed by atoms with Gasteiger partial charge < -0.3 is 0 Å². The number of thiophene rings is 1. The summed E-state index contributed by atoms with van der Waals surface area (Å²) in [5.74, 6) is 0. The summed E-state index contributed by atoms with van der Waals surface area (Å²) in [6, 6.07) is 6.30. The van der Waals surface area contributed by atoms with Crippen molar-refractivity contribution in [3.8, 4) is 0 Å². The van der Waals surface area contributed by atoms with Crippen LogP contribution in [0.15, 0.2) is 28.1 Å². The van der Waals surface area contributed by atoms with Crippen LogP contribution in [0, 0.1) is 0 Å². The van der Waals surface area contributed by atoms with Crippen LogP contribution in [0.1, 0.15) is 5.56 Å². The van der Waals surface area contributed by atoms with Gasteiger partial charge in [0.1, 0.15) is 0 Å². The Bertz CT molecular complexity index is 406. The molecule has 0 radical (unpaired) electrons. The van der Waals surface area contributed by atoms with Gasteiger partial charge in [0.05, 0.1) is 0 Å². The van der Waals surface area contributed by atoms with Crippen LogP contribution in [0.4, 0.5) is 0 Å². The highest BCUT2D eigenvalue weighted by molar-refractivity contribution is 9.10. The van der Waals surface area contributed by atoms with Crippen LogP contribution in [0.3, 0.4) is 0 Å². The molecule has 62 valence electrons. The summed E-state index contributed by atoms with van der Waals surface area (Å²) in [6.07, 6.45) is 0. The maximum atomic E-state index is 3.55. The molecule has 12 heavy (non-hydrogen) atoms. The Kier molecular flexibility index (Phi) is 2.53. The lowest BCUT2D eigenvalue weighted by Crippen LogP contribution is -1.73. The number of hydrogen-bond acceptors (Lipinski definition) is 1. The Labute approximate surface area is 91.9 Å². The lowest BCUT2D eigenvalue weighted by atomic mass is 10.2. The molecule has 1 aromatic carbocycles. The molecule has 0 saturated carbocycles. The molecule has 0 bridgehead atoms. The van der Waals surface area contributed by atoms with Gasteiger partial charge >= 0.3 is 0 Å². The Balaban J connectivity index is 2.83. The van der Waals surface area contributed by atoms with Crippen LogP contribution in [-0.2, 0) is 5.33 Å². The average Bonchev–Trinajstić information content (AvgIpc) is 2.49. The highest BCUT2D eigenvalue weighted by atomic mass is 79.9. The predicted molar refractivity (Wildman–Crippen MR) is 62.2 cm³/mol. The molecule has 0 fully saturated rings. The van der Waals surface area contributed by atoms with Crippen LogP contribution >= 0.6 is 43.2 Å². The summed E-state index contributed by atoms with van der Waals surface area (Å²) in [5, 5.41) is 4.47. The highest BCUT2D eigenvalue weighted by Crippen LogP contribution is 2.33. The molecule has 0 nitrogen and oxygen atoms in total. The van der Waals surface area contributed by atoms with Gasteiger partial charge in [-0.2, -0.15) is 0 Å². The Hall–Kier alpha value is 0.140. The maximum absolute atomic E-state index is 3.55. The first kappa shape index (κ1) is 8.73. The minimum atomic E-state index is 0.926. The van der Waals surface area contributed by atoms with E-state index in [1.54, 1.807) is 11.3 Å². The molecule has 0 saturated heterocycles. The number of halogens is 2. The SMILES string of the molecule is BrCc1csc2cccc(Br)c12. The topological polar surface area (TPSA) is 0 Å². The van der Waals surface area contributed by atoms with Crippen LogP contribution in [-0.4, -0.2) is 0 Å². The average molecular weight is 306 g/mol. The van der Waals surface area contributed by atoms with Gasteiger partial charge in [-0.25, -0.2) is 0 Å². The van der Waals surface area contributed by atoms with Gasteiger partial charge in [0.25, 0.3) is 0 Å². The van der Waals surface area contributed by atoms with Gasteiger partial charge in [-0.1, -0.05) is 37.9 Å². The second-order valence-corrected chi connectivity index (χ2v) is 4.83. The molecule has 0 aliphatic rings. The summed E-state index contributed by atoms with van der Waals surface area (Å²) in [4.78, 5) is 0. The summed E-state index contributed by atoms with van der Waals surface area (Å²) in [6.45, 7) is 0. The van der Waals surface area contributed by atoms with Crippen LogP contribution in [0.2, 0.25) is 0 Å². The molecular weight excluding hydrogens is 300 g/mol. The zero-order chi connectivity index (χ0) is 8.55. The maximum Gasteiger partial charge on any atom is 0.0357 e. The number of rotatable bonds is 1. The zero-order valence-corrected chi connectivity index (χ0v) is 10.2. The minimum absolute atomic E-state index is 0.926. The third-order valence-corrected chi connectivity index (χ3v) is 4.03. The van der Waals surface area contributed by atoms with E-state index in [9.17, 15) is 0 Å². The summed E-state index contributed by atoms with van der Waals surface area (Å²) in [5.41, 5.74) is 1.36. The molecule has 0 spiro atoms. The van der Waals surface area contributed by atoms with E-state index in [1.165, 1.54) is 20.1 Å². The Morgan fingerprint density at radius 2 is 2.17 bits per heavy atom. The van der Waals surface area contributed by atoms with Crippen LogP contribution in [0.5, 0.6) is 0 Å². The third kappa shape index (κ3) is 1.34. The first-order valence-electron chi connectivity index (χ1n) is 3.53. The van der Waals surface area contributed by atoms with Gasteiger partial charge in [0.15, 0.2) is 0 Å². The number of alkyl halides is 1. The lowest BCUT2D eigenvalue weighted by molar-refractivity contribution is 1.54. The molecule has 0 N–H and O–H groups in total. The summed E-state index contributed by atoms with van der Waals surface area (Å²) < 4.78 is 2.54. The first-order chi connectivity index (χ1) is 5.83. The number of hydrogen-bond donors (Lipinski definition) is 0. The van der Waals surface area contributed by atoms with Crippen molar-refractivity contribution in [2.24, 2.45) is 0 Å². The van der Waals surface area contributed by atoms with E-state index in [2.05, 4.69) is 55.4 Å². The van der Waals surface area contributed by atoms with E-state index < -0.39 is 0 Å². The van der Waals surface area contributed by atoms with Crippen molar-refractivity contribution in [2.45, 2.75) is 5.33 Å². The van der Waals surface area contributed by atoms with E-state index in [4.69, 9.17) is 0 Å². The molecule has 2 rings (SSSR count). The number of fused-ring (bicyclic) bond motifs is 1. The van der Waals surface area contributed by atoms with Gasteiger partial charge in [0.2, 0.25) is 0 Å². The zero-order valence-electron chi connectivity index (χ0n) is 6.18. The lowest BCUT2D eigenvalue weighted by Gasteiger charge is -1.95. The van der Waals surface area contributed by atoms with Crippen molar-refractivity contribution in [1.29, 1.82) is 0 Å². The third-order valence-electron chi connectivity index (χ3n) is 1.77. The number of benzene rings is 1.